The van der Waals surface area contributed by atoms with E-state index in [0.717, 1.165) is 4.90 Å². The monoisotopic (exact) mass is 443 g/mol. The van der Waals surface area contributed by atoms with E-state index >= 15 is 0 Å². The Morgan fingerprint density at radius 1 is 1.10 bits per heavy atom. The zero-order valence-electron chi connectivity index (χ0n) is 15.4. The third-order valence-corrected chi connectivity index (χ3v) is 5.21. The minimum absolute atomic E-state index is 0.0347. The van der Waals surface area contributed by atoms with Crippen molar-refractivity contribution in [1.82, 2.24) is 9.55 Å². The van der Waals surface area contributed by atoms with Crippen LogP contribution < -0.4 is 4.90 Å². The summed E-state index contributed by atoms with van der Waals surface area (Å²) in [5, 5.41) is 0.378. The summed E-state index contributed by atoms with van der Waals surface area (Å²) in [6.45, 7) is -0.337. The topological polar surface area (TPSA) is 38.1 Å². The van der Waals surface area contributed by atoms with Crippen LogP contribution in [0.1, 0.15) is 24.2 Å². The average molecular weight is 444 g/mol. The molecule has 0 radical (unpaired) electrons. The van der Waals surface area contributed by atoms with Crippen LogP contribution in [0, 0.1) is 0 Å². The minimum atomic E-state index is -4.31. The van der Waals surface area contributed by atoms with E-state index < -0.39 is 30.0 Å². The van der Waals surface area contributed by atoms with E-state index in [2.05, 4.69) is 4.98 Å². The van der Waals surface area contributed by atoms with E-state index in [4.69, 9.17) is 11.6 Å². The van der Waals surface area contributed by atoms with E-state index in [0.29, 0.717) is 16.1 Å². The fourth-order valence-corrected chi connectivity index (χ4v) is 3.79. The molecular formula is C20H15ClF5N3O. The van der Waals surface area contributed by atoms with Crippen LogP contribution in [-0.2, 0) is 23.8 Å². The van der Waals surface area contributed by atoms with Crippen LogP contribution in [0.3, 0.4) is 0 Å². The Hall–Kier alpha value is -2.68. The average Bonchev–Trinajstić information content (AvgIpc) is 3.09. The van der Waals surface area contributed by atoms with Gasteiger partial charge in [-0.1, -0.05) is 29.8 Å². The van der Waals surface area contributed by atoms with Crippen molar-refractivity contribution in [3.63, 3.8) is 0 Å². The molecule has 158 valence electrons. The highest BCUT2D eigenvalue weighted by atomic mass is 35.5. The smallest absolute Gasteiger partial charge is 0.326 e. The number of imidazole rings is 1. The van der Waals surface area contributed by atoms with Gasteiger partial charge in [-0.25, -0.2) is 4.98 Å². The molecule has 0 unspecified atom stereocenters. The molecule has 1 aliphatic heterocycles. The summed E-state index contributed by atoms with van der Waals surface area (Å²) in [4.78, 5) is 17.7. The molecule has 0 fully saturated rings. The number of carbonyl (C=O) groups excluding carboxylic acids is 1. The summed E-state index contributed by atoms with van der Waals surface area (Å²) >= 11 is 5.98. The number of aryl methyl sites for hydroxylation is 1. The summed E-state index contributed by atoms with van der Waals surface area (Å²) in [7, 11) is 0. The third-order valence-electron chi connectivity index (χ3n) is 4.98. The largest absolute Gasteiger partial charge is 0.389 e. The lowest BCUT2D eigenvalue weighted by Crippen LogP contribution is -2.35. The maximum atomic E-state index is 14.4. The molecule has 1 aliphatic rings. The predicted molar refractivity (Wildman–Crippen MR) is 102 cm³/mol. The second-order valence-electron chi connectivity index (χ2n) is 7.01. The first kappa shape index (κ1) is 20.6. The summed E-state index contributed by atoms with van der Waals surface area (Å²) in [5.74, 6) is -4.86. The zero-order valence-corrected chi connectivity index (χ0v) is 16.1. The molecule has 0 spiro atoms. The number of benzene rings is 2. The first-order valence-electron chi connectivity index (χ1n) is 9.08. The fraction of sp³-hybridized carbons (Fsp3) is 0.300. The summed E-state index contributed by atoms with van der Waals surface area (Å²) < 4.78 is 68.2. The van der Waals surface area contributed by atoms with Crippen LogP contribution in [0.15, 0.2) is 42.5 Å². The van der Waals surface area contributed by atoms with Gasteiger partial charge >= 0.3 is 18.0 Å². The summed E-state index contributed by atoms with van der Waals surface area (Å²) in [6, 6.07) is 10.2. The van der Waals surface area contributed by atoms with E-state index in [1.165, 1.54) is 34.9 Å². The summed E-state index contributed by atoms with van der Waals surface area (Å²) in [6.07, 6.45) is -5.53. The Morgan fingerprint density at radius 3 is 2.57 bits per heavy atom. The molecule has 4 rings (SSSR count). The Kier molecular flexibility index (Phi) is 4.96. The van der Waals surface area contributed by atoms with Crippen molar-refractivity contribution in [2.24, 2.45) is 0 Å². The molecule has 2 aromatic carbocycles. The molecule has 4 nitrogen and oxygen atoms in total. The number of hydrogen-bond donors (Lipinski definition) is 0. The maximum absolute atomic E-state index is 14.4. The van der Waals surface area contributed by atoms with Crippen LogP contribution in [0.4, 0.5) is 27.6 Å². The molecule has 0 saturated carbocycles. The number of alkyl halides is 5. The van der Waals surface area contributed by atoms with Crippen molar-refractivity contribution >= 4 is 34.2 Å². The van der Waals surface area contributed by atoms with Gasteiger partial charge in [-0.2, -0.15) is 22.0 Å². The second kappa shape index (κ2) is 7.23. The molecule has 0 aliphatic carbocycles. The normalized spacial score (nSPS) is 15.8. The quantitative estimate of drug-likeness (QED) is 0.476. The number of rotatable bonds is 5. The lowest BCUT2D eigenvalue weighted by Gasteiger charge is -2.18. The Labute approximate surface area is 172 Å². The molecule has 3 aromatic rings. The Morgan fingerprint density at radius 2 is 1.83 bits per heavy atom. The molecule has 10 heteroatoms. The molecule has 1 amide bonds. The standard InChI is InChI=1S/C20H15ClF5N3O/c21-12-6-7-16-14(10-12)27-17(28(16)9-3-8-19(22,23)24)11-29-15-5-2-1-4-13(15)20(25,26)18(29)30/h1-2,4-7,10H,3,8-9,11H2. The van der Waals surface area contributed by atoms with Crippen molar-refractivity contribution < 1.29 is 26.7 Å². The van der Waals surface area contributed by atoms with Crippen LogP contribution >= 0.6 is 11.6 Å². The van der Waals surface area contributed by atoms with Gasteiger partial charge in [0.15, 0.2) is 0 Å². The van der Waals surface area contributed by atoms with Crippen molar-refractivity contribution in [3.8, 4) is 0 Å². The number of anilines is 1. The molecule has 0 atom stereocenters. The minimum Gasteiger partial charge on any atom is -0.326 e. The van der Waals surface area contributed by atoms with Crippen molar-refractivity contribution in [2.75, 3.05) is 4.90 Å². The van der Waals surface area contributed by atoms with Crippen molar-refractivity contribution in [2.45, 2.75) is 38.0 Å². The van der Waals surface area contributed by atoms with Crippen LogP contribution in [0.5, 0.6) is 0 Å². The second-order valence-corrected chi connectivity index (χ2v) is 7.45. The number of halogens is 6. The highest BCUT2D eigenvalue weighted by molar-refractivity contribution is 6.31. The van der Waals surface area contributed by atoms with Gasteiger partial charge < -0.3 is 4.57 Å². The third kappa shape index (κ3) is 3.62. The van der Waals surface area contributed by atoms with E-state index in [1.807, 2.05) is 0 Å². The summed E-state index contributed by atoms with van der Waals surface area (Å²) in [5.41, 5.74) is 0.580. The maximum Gasteiger partial charge on any atom is 0.389 e. The van der Waals surface area contributed by atoms with E-state index in [1.54, 1.807) is 12.1 Å². The van der Waals surface area contributed by atoms with E-state index in [9.17, 15) is 26.7 Å². The Balaban J connectivity index is 1.72. The highest BCUT2D eigenvalue weighted by Gasteiger charge is 2.52. The van der Waals surface area contributed by atoms with Crippen LogP contribution in [0.25, 0.3) is 11.0 Å². The SMILES string of the molecule is O=C1N(Cc2nc3cc(Cl)ccc3n2CCCC(F)(F)F)c2ccccc2C1(F)F. The molecule has 2 heterocycles. The number of hydrogen-bond acceptors (Lipinski definition) is 2. The van der Waals surface area contributed by atoms with Gasteiger partial charge in [-0.15, -0.1) is 0 Å². The number of nitrogens with zero attached hydrogens (tertiary/aromatic N) is 3. The van der Waals surface area contributed by atoms with Gasteiger partial charge in [0.25, 0.3) is 0 Å². The molecule has 30 heavy (non-hydrogen) atoms. The highest BCUT2D eigenvalue weighted by Crippen LogP contribution is 2.44. The van der Waals surface area contributed by atoms with Crippen molar-refractivity contribution in [1.29, 1.82) is 0 Å². The van der Waals surface area contributed by atoms with Crippen LogP contribution in [0.2, 0.25) is 5.02 Å². The first-order valence-corrected chi connectivity index (χ1v) is 9.46. The van der Waals surface area contributed by atoms with Gasteiger partial charge in [-0.05, 0) is 30.7 Å². The molecular weight excluding hydrogens is 429 g/mol. The van der Waals surface area contributed by atoms with Gasteiger partial charge in [0.05, 0.1) is 28.8 Å². The lowest BCUT2D eigenvalue weighted by atomic mass is 10.1. The lowest BCUT2D eigenvalue weighted by molar-refractivity contribution is -0.141. The van der Waals surface area contributed by atoms with Crippen LogP contribution in [-0.4, -0.2) is 21.6 Å². The fourth-order valence-electron chi connectivity index (χ4n) is 3.63. The number of amides is 1. The van der Waals surface area contributed by atoms with Gasteiger partial charge in [0.2, 0.25) is 0 Å². The molecule has 0 bridgehead atoms. The van der Waals surface area contributed by atoms with Gasteiger partial charge in [0, 0.05) is 18.0 Å². The Bertz CT molecular complexity index is 1130. The number of aromatic nitrogens is 2. The molecule has 0 N–H and O–H groups in total. The predicted octanol–water partition coefficient (Wildman–Crippen LogP) is 5.67. The molecule has 1 aromatic heterocycles. The van der Waals surface area contributed by atoms with Gasteiger partial charge in [-0.3, -0.25) is 9.69 Å². The molecule has 0 saturated heterocycles. The van der Waals surface area contributed by atoms with Gasteiger partial charge in [0.1, 0.15) is 5.82 Å². The van der Waals surface area contributed by atoms with Crippen molar-refractivity contribution in [3.05, 3.63) is 58.9 Å². The van der Waals surface area contributed by atoms with E-state index in [-0.39, 0.29) is 31.0 Å². The number of carbonyl (C=O) groups is 1. The zero-order chi connectivity index (χ0) is 21.7. The number of para-hydroxylation sites is 1. The first-order chi connectivity index (χ1) is 14.1. The number of fused-ring (bicyclic) bond motifs is 2.